The van der Waals surface area contributed by atoms with Crippen LogP contribution in [0.3, 0.4) is 0 Å². The highest BCUT2D eigenvalue weighted by molar-refractivity contribution is 9.10. The Bertz CT molecular complexity index is 1070. The summed E-state index contributed by atoms with van der Waals surface area (Å²) >= 11 is 3.32. The van der Waals surface area contributed by atoms with Crippen LogP contribution in [-0.2, 0) is 14.4 Å². The lowest BCUT2D eigenvalue weighted by molar-refractivity contribution is -0.123. The number of anilines is 2. The quantitative estimate of drug-likeness (QED) is 0.625. The van der Waals surface area contributed by atoms with Crippen molar-refractivity contribution in [1.29, 1.82) is 0 Å². The van der Waals surface area contributed by atoms with E-state index in [1.54, 1.807) is 42.5 Å². The van der Waals surface area contributed by atoms with Crippen molar-refractivity contribution in [1.82, 2.24) is 5.01 Å². The molecular formula is C20H18BrN5O5. The highest BCUT2D eigenvalue weighted by Crippen LogP contribution is 2.33. The largest absolute Gasteiger partial charge is 0.497 e. The number of imide groups is 1. The van der Waals surface area contributed by atoms with Crippen LogP contribution in [0.5, 0.6) is 11.5 Å². The van der Waals surface area contributed by atoms with Crippen molar-refractivity contribution in [2.45, 2.75) is 12.1 Å². The van der Waals surface area contributed by atoms with Crippen molar-refractivity contribution >= 4 is 45.0 Å². The monoisotopic (exact) mass is 487 g/mol. The summed E-state index contributed by atoms with van der Waals surface area (Å²) in [5.74, 6) is -0.389. The van der Waals surface area contributed by atoms with Gasteiger partial charge >= 0.3 is 0 Å². The van der Waals surface area contributed by atoms with Crippen LogP contribution in [0.1, 0.15) is 0 Å². The fraction of sp³-hybridized carbons (Fsp3) is 0.250. The van der Waals surface area contributed by atoms with E-state index >= 15 is 0 Å². The molecule has 1 fully saturated rings. The molecule has 2 aliphatic rings. The minimum absolute atomic E-state index is 0.257. The van der Waals surface area contributed by atoms with Crippen molar-refractivity contribution in [3.63, 3.8) is 0 Å². The van der Waals surface area contributed by atoms with E-state index in [9.17, 15) is 14.4 Å². The van der Waals surface area contributed by atoms with Crippen molar-refractivity contribution in [2.24, 2.45) is 10.3 Å². The lowest BCUT2D eigenvalue weighted by Gasteiger charge is -2.20. The van der Waals surface area contributed by atoms with Gasteiger partial charge in [-0.15, -0.1) is 0 Å². The lowest BCUT2D eigenvalue weighted by Crippen LogP contribution is -2.43. The summed E-state index contributed by atoms with van der Waals surface area (Å²) in [6.07, 6.45) is 0. The van der Waals surface area contributed by atoms with Crippen molar-refractivity contribution in [3.05, 3.63) is 46.9 Å². The van der Waals surface area contributed by atoms with E-state index in [4.69, 9.17) is 9.47 Å². The maximum atomic E-state index is 13.0. The van der Waals surface area contributed by atoms with E-state index in [1.807, 2.05) is 0 Å². The molecule has 0 saturated carbocycles. The molecule has 4 rings (SSSR count). The Morgan fingerprint density at radius 2 is 1.84 bits per heavy atom. The molecule has 2 aliphatic heterocycles. The third-order valence-electron chi connectivity index (χ3n) is 4.93. The normalized spacial score (nSPS) is 19.6. The zero-order valence-electron chi connectivity index (χ0n) is 16.6. The molecule has 10 nitrogen and oxygen atoms in total. The van der Waals surface area contributed by atoms with Gasteiger partial charge in [-0.3, -0.25) is 19.4 Å². The number of methoxy groups -OCH3 is 2. The number of hydrogen-bond donors (Lipinski definition) is 1. The summed E-state index contributed by atoms with van der Waals surface area (Å²) in [7, 11) is 3.00. The van der Waals surface area contributed by atoms with Gasteiger partial charge in [-0.1, -0.05) is 21.2 Å². The van der Waals surface area contributed by atoms with E-state index in [-0.39, 0.29) is 6.54 Å². The molecule has 11 heteroatoms. The Morgan fingerprint density at radius 1 is 1.10 bits per heavy atom. The van der Waals surface area contributed by atoms with E-state index < -0.39 is 29.8 Å². The molecule has 160 valence electrons. The second-order valence-corrected chi connectivity index (χ2v) is 7.71. The van der Waals surface area contributed by atoms with Crippen LogP contribution in [0, 0.1) is 0 Å². The molecule has 2 aromatic carbocycles. The highest BCUT2D eigenvalue weighted by Gasteiger charge is 2.55. The number of ether oxygens (including phenoxy) is 2. The number of rotatable bonds is 6. The third-order valence-corrected chi connectivity index (χ3v) is 5.46. The van der Waals surface area contributed by atoms with Crippen molar-refractivity contribution < 1.29 is 23.9 Å². The molecule has 31 heavy (non-hydrogen) atoms. The zero-order valence-corrected chi connectivity index (χ0v) is 18.2. The Labute approximate surface area is 185 Å². The Kier molecular flexibility index (Phi) is 5.59. The van der Waals surface area contributed by atoms with Crippen LogP contribution in [-0.4, -0.2) is 55.6 Å². The van der Waals surface area contributed by atoms with Gasteiger partial charge in [0.05, 0.1) is 25.6 Å². The van der Waals surface area contributed by atoms with Gasteiger partial charge in [0.15, 0.2) is 12.1 Å². The van der Waals surface area contributed by atoms with Crippen LogP contribution in [0.15, 0.2) is 57.3 Å². The number of nitrogens with zero attached hydrogens (tertiary/aromatic N) is 4. The van der Waals surface area contributed by atoms with Crippen molar-refractivity contribution in [3.8, 4) is 11.5 Å². The fourth-order valence-electron chi connectivity index (χ4n) is 3.44. The first-order valence-corrected chi connectivity index (χ1v) is 10.0. The van der Waals surface area contributed by atoms with Crippen LogP contribution < -0.4 is 19.7 Å². The SMILES string of the molecule is COc1ccc(NC(=O)CN2N=N[C@@H]3C(=O)N(c4ccc(Br)cc4)C(=O)[C@H]32)c(OC)c1. The van der Waals surface area contributed by atoms with E-state index in [2.05, 4.69) is 31.6 Å². The molecule has 2 atom stereocenters. The van der Waals surface area contributed by atoms with Gasteiger partial charge in [0.1, 0.15) is 18.0 Å². The molecule has 0 spiro atoms. The molecule has 0 bridgehead atoms. The molecule has 1 N–H and O–H groups in total. The summed E-state index contributed by atoms with van der Waals surface area (Å²) in [4.78, 5) is 39.4. The summed E-state index contributed by atoms with van der Waals surface area (Å²) in [5, 5.41) is 11.8. The van der Waals surface area contributed by atoms with E-state index in [0.29, 0.717) is 22.9 Å². The summed E-state index contributed by atoms with van der Waals surface area (Å²) in [6.45, 7) is -0.257. The van der Waals surface area contributed by atoms with Gasteiger partial charge in [0.25, 0.3) is 11.8 Å². The maximum Gasteiger partial charge on any atom is 0.263 e. The third kappa shape index (κ3) is 3.83. The summed E-state index contributed by atoms with van der Waals surface area (Å²) in [6, 6.07) is 9.81. The highest BCUT2D eigenvalue weighted by atomic mass is 79.9. The standard InChI is InChI=1S/C20H18BrN5O5/c1-30-13-7-8-14(15(9-13)31-2)22-16(27)10-25-18-17(23-24-25)19(28)26(20(18)29)12-5-3-11(21)4-6-12/h3-9,17-18H,10H2,1-2H3,(H,22,27)/t17-,18-/m0/s1. The number of fused-ring (bicyclic) bond motifs is 1. The second-order valence-electron chi connectivity index (χ2n) is 6.79. The van der Waals surface area contributed by atoms with Crippen LogP contribution in [0.4, 0.5) is 11.4 Å². The van der Waals surface area contributed by atoms with Crippen LogP contribution >= 0.6 is 15.9 Å². The van der Waals surface area contributed by atoms with Gasteiger partial charge in [0.2, 0.25) is 5.91 Å². The van der Waals surface area contributed by atoms with Crippen molar-refractivity contribution in [2.75, 3.05) is 31.0 Å². The number of carbonyl (C=O) groups excluding carboxylic acids is 3. The van der Waals surface area contributed by atoms with Gasteiger partial charge < -0.3 is 14.8 Å². The van der Waals surface area contributed by atoms with Gasteiger partial charge in [-0.2, -0.15) is 5.11 Å². The van der Waals surface area contributed by atoms with E-state index in [1.165, 1.54) is 19.2 Å². The Hall–Kier alpha value is -3.47. The number of amides is 3. The first kappa shape index (κ1) is 20.8. The number of carbonyl (C=O) groups is 3. The Morgan fingerprint density at radius 3 is 2.52 bits per heavy atom. The van der Waals surface area contributed by atoms with Crippen LogP contribution in [0.2, 0.25) is 0 Å². The number of nitrogens with one attached hydrogen (secondary N) is 1. The molecule has 0 unspecified atom stereocenters. The topological polar surface area (TPSA) is 113 Å². The fourth-order valence-corrected chi connectivity index (χ4v) is 3.70. The molecule has 2 heterocycles. The average Bonchev–Trinajstić information content (AvgIpc) is 3.28. The molecule has 0 radical (unpaired) electrons. The molecular weight excluding hydrogens is 470 g/mol. The number of halogens is 1. The molecule has 3 amide bonds. The number of hydrogen-bond acceptors (Lipinski definition) is 8. The first-order valence-electron chi connectivity index (χ1n) is 9.25. The second kappa shape index (κ2) is 8.34. The molecule has 2 aromatic rings. The summed E-state index contributed by atoms with van der Waals surface area (Å²) in [5.41, 5.74) is 0.876. The predicted molar refractivity (Wildman–Crippen MR) is 114 cm³/mol. The first-order chi connectivity index (χ1) is 14.9. The molecule has 0 aromatic heterocycles. The smallest absolute Gasteiger partial charge is 0.263 e. The Balaban J connectivity index is 1.48. The molecule has 1 saturated heterocycles. The van der Waals surface area contributed by atoms with Gasteiger partial charge in [-0.25, -0.2) is 4.90 Å². The van der Waals surface area contributed by atoms with Gasteiger partial charge in [0, 0.05) is 10.5 Å². The van der Waals surface area contributed by atoms with Gasteiger partial charge in [-0.05, 0) is 36.4 Å². The van der Waals surface area contributed by atoms with E-state index in [0.717, 1.165) is 9.37 Å². The zero-order chi connectivity index (χ0) is 22.1. The van der Waals surface area contributed by atoms with Crippen LogP contribution in [0.25, 0.3) is 0 Å². The lowest BCUT2D eigenvalue weighted by atomic mass is 10.1. The predicted octanol–water partition coefficient (Wildman–Crippen LogP) is 2.40. The number of benzene rings is 2. The minimum atomic E-state index is -0.973. The maximum absolute atomic E-state index is 13.0. The minimum Gasteiger partial charge on any atom is -0.497 e. The summed E-state index contributed by atoms with van der Waals surface area (Å²) < 4.78 is 11.2. The average molecular weight is 488 g/mol. The molecule has 0 aliphatic carbocycles.